The standard InChI is InChI=1S/C17H12BrI2N3O2/c1-9-22-15-4-3-11(18)7-12(15)17(24)23(9)21-8-10-5-13(19)16(25-2)14(20)6-10/h3-8H,1-2H3. The maximum atomic E-state index is 12.7. The van der Waals surface area contributed by atoms with Crippen molar-refractivity contribution >= 4 is 78.2 Å². The molecule has 0 fully saturated rings. The first-order chi connectivity index (χ1) is 11.9. The molecule has 1 heterocycles. The van der Waals surface area contributed by atoms with Crippen LogP contribution in [0, 0.1) is 14.1 Å². The van der Waals surface area contributed by atoms with Gasteiger partial charge in [0, 0.05) is 4.47 Å². The topological polar surface area (TPSA) is 56.5 Å². The van der Waals surface area contributed by atoms with Crippen LogP contribution in [0.25, 0.3) is 10.9 Å². The highest BCUT2D eigenvalue weighted by molar-refractivity contribution is 14.1. The second-order valence-electron chi connectivity index (χ2n) is 5.20. The minimum Gasteiger partial charge on any atom is -0.495 e. The van der Waals surface area contributed by atoms with Crippen molar-refractivity contribution in [2.45, 2.75) is 6.92 Å². The second-order valence-corrected chi connectivity index (χ2v) is 8.44. The van der Waals surface area contributed by atoms with Crippen molar-refractivity contribution in [1.82, 2.24) is 9.66 Å². The number of aromatic nitrogens is 2. The monoisotopic (exact) mass is 623 g/mol. The van der Waals surface area contributed by atoms with E-state index in [1.807, 2.05) is 24.3 Å². The van der Waals surface area contributed by atoms with Crippen molar-refractivity contribution in [3.63, 3.8) is 0 Å². The maximum Gasteiger partial charge on any atom is 0.282 e. The van der Waals surface area contributed by atoms with E-state index >= 15 is 0 Å². The number of halogens is 3. The van der Waals surface area contributed by atoms with Gasteiger partial charge in [0.25, 0.3) is 5.56 Å². The Labute approximate surface area is 179 Å². The molecule has 0 aliphatic rings. The molecule has 0 spiro atoms. The number of benzene rings is 2. The summed E-state index contributed by atoms with van der Waals surface area (Å²) in [5.41, 5.74) is 1.35. The molecule has 25 heavy (non-hydrogen) atoms. The van der Waals surface area contributed by atoms with Gasteiger partial charge in [-0.1, -0.05) is 15.9 Å². The van der Waals surface area contributed by atoms with E-state index in [1.54, 1.807) is 26.3 Å². The van der Waals surface area contributed by atoms with Crippen LogP contribution < -0.4 is 10.3 Å². The lowest BCUT2D eigenvalue weighted by Crippen LogP contribution is -2.20. The molecule has 1 aromatic heterocycles. The van der Waals surface area contributed by atoms with Gasteiger partial charge in [-0.25, -0.2) is 4.98 Å². The predicted octanol–water partition coefficient (Wildman–Crippen LogP) is 4.57. The van der Waals surface area contributed by atoms with Crippen LogP contribution in [0.15, 0.2) is 44.7 Å². The summed E-state index contributed by atoms with van der Waals surface area (Å²) in [6.45, 7) is 1.77. The SMILES string of the molecule is COc1c(I)cc(C=Nn2c(C)nc3ccc(Br)cc3c2=O)cc1I. The lowest BCUT2D eigenvalue weighted by molar-refractivity contribution is 0.409. The minimum absolute atomic E-state index is 0.196. The van der Waals surface area contributed by atoms with Crippen LogP contribution in [0.4, 0.5) is 0 Å². The fourth-order valence-corrected chi connectivity index (χ4v) is 4.99. The van der Waals surface area contributed by atoms with Crippen LogP contribution in [0.2, 0.25) is 0 Å². The van der Waals surface area contributed by atoms with Crippen LogP contribution in [0.1, 0.15) is 11.4 Å². The van der Waals surface area contributed by atoms with E-state index in [1.165, 1.54) is 4.68 Å². The van der Waals surface area contributed by atoms with Crippen molar-refractivity contribution < 1.29 is 4.74 Å². The van der Waals surface area contributed by atoms with Crippen molar-refractivity contribution in [3.8, 4) is 5.75 Å². The Kier molecular flexibility index (Phi) is 5.78. The van der Waals surface area contributed by atoms with Gasteiger partial charge in [-0.05, 0) is 88.0 Å². The zero-order valence-electron chi connectivity index (χ0n) is 13.3. The highest BCUT2D eigenvalue weighted by atomic mass is 127. The Hall–Kier alpha value is -1.01. The third-order valence-corrected chi connectivity index (χ3v) is 5.61. The zero-order chi connectivity index (χ0) is 18.1. The maximum absolute atomic E-state index is 12.7. The molecule has 0 N–H and O–H groups in total. The van der Waals surface area contributed by atoms with E-state index in [2.05, 4.69) is 71.2 Å². The van der Waals surface area contributed by atoms with Gasteiger partial charge in [0.1, 0.15) is 11.6 Å². The third-order valence-electron chi connectivity index (χ3n) is 3.52. The summed E-state index contributed by atoms with van der Waals surface area (Å²) < 4.78 is 9.48. The summed E-state index contributed by atoms with van der Waals surface area (Å²) in [4.78, 5) is 17.2. The normalized spacial score (nSPS) is 11.4. The molecule has 0 amide bonds. The molecule has 0 unspecified atom stereocenters. The molecule has 0 atom stereocenters. The van der Waals surface area contributed by atoms with Gasteiger partial charge in [-0.3, -0.25) is 4.79 Å². The van der Waals surface area contributed by atoms with E-state index in [9.17, 15) is 4.79 Å². The number of hydrogen-bond acceptors (Lipinski definition) is 4. The fourth-order valence-electron chi connectivity index (χ4n) is 2.37. The van der Waals surface area contributed by atoms with Crippen molar-refractivity contribution in [2.24, 2.45) is 5.10 Å². The summed E-state index contributed by atoms with van der Waals surface area (Å²) in [6, 6.07) is 9.35. The van der Waals surface area contributed by atoms with Gasteiger partial charge < -0.3 is 4.74 Å². The first-order valence-electron chi connectivity index (χ1n) is 7.17. The lowest BCUT2D eigenvalue weighted by Gasteiger charge is -2.08. The second kappa shape index (κ2) is 7.70. The Morgan fingerprint density at radius 1 is 1.24 bits per heavy atom. The number of hydrogen-bond donors (Lipinski definition) is 0. The first kappa shape index (κ1) is 18.8. The Balaban J connectivity index is 2.09. The number of rotatable bonds is 3. The highest BCUT2D eigenvalue weighted by Crippen LogP contribution is 2.28. The van der Waals surface area contributed by atoms with E-state index < -0.39 is 0 Å². The first-order valence-corrected chi connectivity index (χ1v) is 10.1. The number of methoxy groups -OCH3 is 1. The lowest BCUT2D eigenvalue weighted by atomic mass is 10.2. The zero-order valence-corrected chi connectivity index (χ0v) is 19.2. The summed E-state index contributed by atoms with van der Waals surface area (Å²) in [6.07, 6.45) is 1.66. The summed E-state index contributed by atoms with van der Waals surface area (Å²) in [5.74, 6) is 1.37. The third kappa shape index (κ3) is 3.90. The molecule has 0 aliphatic carbocycles. The van der Waals surface area contributed by atoms with Crippen molar-refractivity contribution in [2.75, 3.05) is 7.11 Å². The largest absolute Gasteiger partial charge is 0.495 e. The Morgan fingerprint density at radius 3 is 2.56 bits per heavy atom. The smallest absolute Gasteiger partial charge is 0.282 e. The van der Waals surface area contributed by atoms with Crippen LogP contribution in [-0.2, 0) is 0 Å². The molecule has 0 saturated heterocycles. The van der Waals surface area contributed by atoms with E-state index in [4.69, 9.17) is 4.74 Å². The predicted molar refractivity (Wildman–Crippen MR) is 120 cm³/mol. The molecule has 0 bridgehead atoms. The molecular weight excluding hydrogens is 612 g/mol. The molecule has 0 aliphatic heterocycles. The number of nitrogens with zero attached hydrogens (tertiary/aromatic N) is 3. The molecule has 0 saturated carbocycles. The average Bonchev–Trinajstić information content (AvgIpc) is 2.55. The summed E-state index contributed by atoms with van der Waals surface area (Å²) in [5, 5.41) is 4.87. The number of aryl methyl sites for hydroxylation is 1. The van der Waals surface area contributed by atoms with E-state index in [-0.39, 0.29) is 5.56 Å². The molecule has 5 nitrogen and oxygen atoms in total. The van der Waals surface area contributed by atoms with Gasteiger partial charge >= 0.3 is 0 Å². The van der Waals surface area contributed by atoms with Gasteiger partial charge in [0.2, 0.25) is 0 Å². The van der Waals surface area contributed by atoms with E-state index in [0.29, 0.717) is 16.7 Å². The Morgan fingerprint density at radius 2 is 1.92 bits per heavy atom. The minimum atomic E-state index is -0.196. The molecular formula is C17H12BrI2N3O2. The quantitative estimate of drug-likeness (QED) is 0.318. The number of ether oxygens (including phenoxy) is 1. The molecule has 0 radical (unpaired) electrons. The highest BCUT2D eigenvalue weighted by Gasteiger charge is 2.09. The van der Waals surface area contributed by atoms with Crippen LogP contribution >= 0.6 is 61.1 Å². The van der Waals surface area contributed by atoms with Crippen LogP contribution in [0.3, 0.4) is 0 Å². The van der Waals surface area contributed by atoms with Gasteiger partial charge in [-0.2, -0.15) is 9.78 Å². The van der Waals surface area contributed by atoms with Gasteiger partial charge in [-0.15, -0.1) is 0 Å². The Bertz CT molecular complexity index is 1040. The summed E-state index contributed by atoms with van der Waals surface area (Å²) >= 11 is 7.82. The number of fused-ring (bicyclic) bond motifs is 1. The van der Waals surface area contributed by atoms with Crippen LogP contribution in [0.5, 0.6) is 5.75 Å². The van der Waals surface area contributed by atoms with Gasteiger partial charge in [0.15, 0.2) is 0 Å². The van der Waals surface area contributed by atoms with Crippen molar-refractivity contribution in [1.29, 1.82) is 0 Å². The molecule has 2 aromatic carbocycles. The molecule has 3 aromatic rings. The van der Waals surface area contributed by atoms with E-state index in [0.717, 1.165) is 22.9 Å². The molecule has 3 rings (SSSR count). The average molecular weight is 624 g/mol. The van der Waals surface area contributed by atoms with Gasteiger partial charge in [0.05, 0.1) is 31.4 Å². The fraction of sp³-hybridized carbons (Fsp3) is 0.118. The summed E-state index contributed by atoms with van der Waals surface area (Å²) in [7, 11) is 1.65. The molecule has 128 valence electrons. The van der Waals surface area contributed by atoms with Crippen molar-refractivity contribution in [3.05, 3.63) is 63.7 Å². The van der Waals surface area contributed by atoms with Crippen LogP contribution in [-0.4, -0.2) is 23.0 Å². The molecule has 8 heteroatoms.